The van der Waals surface area contributed by atoms with Crippen molar-refractivity contribution in [3.63, 3.8) is 0 Å². The monoisotopic (exact) mass is 289 g/mol. The van der Waals surface area contributed by atoms with Crippen LogP contribution < -0.4 is 5.32 Å². The first kappa shape index (κ1) is 14.7. The smallest absolute Gasteiger partial charge is 0.307 e. The topological polar surface area (TPSA) is 94.3 Å². The highest BCUT2D eigenvalue weighted by Crippen LogP contribution is 2.17. The summed E-state index contributed by atoms with van der Waals surface area (Å²) in [4.78, 5) is 27.1. The van der Waals surface area contributed by atoms with Gasteiger partial charge in [-0.15, -0.1) is 0 Å². The minimum absolute atomic E-state index is 0.131. The number of benzene rings is 1. The van der Waals surface area contributed by atoms with Gasteiger partial charge in [-0.05, 0) is 12.1 Å². The largest absolute Gasteiger partial charge is 0.469 e. The van der Waals surface area contributed by atoms with Crippen molar-refractivity contribution in [3.05, 3.63) is 35.7 Å². The van der Waals surface area contributed by atoms with Crippen LogP contribution in [-0.2, 0) is 9.53 Å². The van der Waals surface area contributed by atoms with E-state index >= 15 is 0 Å². The van der Waals surface area contributed by atoms with Gasteiger partial charge >= 0.3 is 5.97 Å². The molecule has 7 nitrogen and oxygen atoms in total. The highest BCUT2D eigenvalue weighted by molar-refractivity contribution is 5.95. The molecule has 0 unspecified atom stereocenters. The molecule has 110 valence electrons. The number of nitrogens with zero attached hydrogens (tertiary/aromatic N) is 2. The Morgan fingerprint density at radius 3 is 2.86 bits per heavy atom. The van der Waals surface area contributed by atoms with Gasteiger partial charge in [0.2, 0.25) is 11.7 Å². The van der Waals surface area contributed by atoms with E-state index in [1.807, 2.05) is 0 Å². The summed E-state index contributed by atoms with van der Waals surface area (Å²) < 4.78 is 9.41. The minimum atomic E-state index is -0.369. The summed E-state index contributed by atoms with van der Waals surface area (Å²) >= 11 is 0. The number of nitrogens with one attached hydrogen (secondary N) is 1. The lowest BCUT2D eigenvalue weighted by molar-refractivity contribution is -0.140. The molecule has 1 amide bonds. The third-order valence-corrected chi connectivity index (χ3v) is 2.75. The van der Waals surface area contributed by atoms with Gasteiger partial charge in [-0.1, -0.05) is 17.3 Å². The molecule has 2 rings (SSSR count). The van der Waals surface area contributed by atoms with Crippen LogP contribution in [-0.4, -0.2) is 35.7 Å². The molecule has 0 saturated heterocycles. The molecule has 0 aliphatic carbocycles. The van der Waals surface area contributed by atoms with Crippen LogP contribution in [0, 0.1) is 6.92 Å². The number of ether oxygens (including phenoxy) is 1. The van der Waals surface area contributed by atoms with Crippen LogP contribution in [0.1, 0.15) is 22.7 Å². The van der Waals surface area contributed by atoms with Crippen molar-refractivity contribution in [2.45, 2.75) is 13.3 Å². The van der Waals surface area contributed by atoms with E-state index in [1.165, 1.54) is 7.11 Å². The molecule has 7 heteroatoms. The van der Waals surface area contributed by atoms with E-state index in [-0.39, 0.29) is 24.8 Å². The number of rotatable bonds is 5. The third kappa shape index (κ3) is 3.88. The average Bonchev–Trinajstić information content (AvgIpc) is 2.93. The lowest BCUT2D eigenvalue weighted by Crippen LogP contribution is -2.26. The van der Waals surface area contributed by atoms with Crippen LogP contribution in [0.25, 0.3) is 11.4 Å². The summed E-state index contributed by atoms with van der Waals surface area (Å²) in [6.45, 7) is 1.91. The number of carbonyl (C=O) groups is 2. The SMILES string of the molecule is COC(=O)CCNC(=O)c1cccc(-c2noc(C)n2)c1. The molecule has 1 N–H and O–H groups in total. The number of amides is 1. The van der Waals surface area contributed by atoms with E-state index in [9.17, 15) is 9.59 Å². The zero-order chi connectivity index (χ0) is 15.2. The van der Waals surface area contributed by atoms with E-state index in [1.54, 1.807) is 31.2 Å². The number of esters is 1. The van der Waals surface area contributed by atoms with Crippen molar-refractivity contribution < 1.29 is 18.8 Å². The fraction of sp³-hybridized carbons (Fsp3) is 0.286. The molecule has 1 aromatic carbocycles. The molecule has 0 saturated carbocycles. The molecule has 0 aliphatic heterocycles. The van der Waals surface area contributed by atoms with Gasteiger partial charge in [0.05, 0.1) is 13.5 Å². The van der Waals surface area contributed by atoms with Crippen molar-refractivity contribution in [3.8, 4) is 11.4 Å². The van der Waals surface area contributed by atoms with Crippen LogP contribution >= 0.6 is 0 Å². The lowest BCUT2D eigenvalue weighted by Gasteiger charge is -2.05. The Morgan fingerprint density at radius 1 is 1.38 bits per heavy atom. The first-order valence-corrected chi connectivity index (χ1v) is 6.36. The molecule has 1 heterocycles. The predicted octanol–water partition coefficient (Wildman–Crippen LogP) is 1.34. The first-order valence-electron chi connectivity index (χ1n) is 6.36. The molecular formula is C14H15N3O4. The van der Waals surface area contributed by atoms with Crippen LogP contribution in [0.5, 0.6) is 0 Å². The Labute approximate surface area is 121 Å². The zero-order valence-electron chi connectivity index (χ0n) is 11.8. The maximum absolute atomic E-state index is 12.0. The van der Waals surface area contributed by atoms with Crippen molar-refractivity contribution in [1.29, 1.82) is 0 Å². The summed E-state index contributed by atoms with van der Waals surface area (Å²) in [5, 5.41) is 6.45. The number of aromatic nitrogens is 2. The highest BCUT2D eigenvalue weighted by atomic mass is 16.5. The molecule has 0 atom stereocenters. The number of hydrogen-bond acceptors (Lipinski definition) is 6. The van der Waals surface area contributed by atoms with Crippen molar-refractivity contribution in [2.24, 2.45) is 0 Å². The van der Waals surface area contributed by atoms with E-state index in [0.29, 0.717) is 22.8 Å². The molecule has 1 aromatic heterocycles. The third-order valence-electron chi connectivity index (χ3n) is 2.75. The minimum Gasteiger partial charge on any atom is -0.469 e. The summed E-state index contributed by atoms with van der Waals surface area (Å²) in [6, 6.07) is 6.85. The molecule has 0 bridgehead atoms. The Balaban J connectivity index is 2.03. The first-order chi connectivity index (χ1) is 10.1. The van der Waals surface area contributed by atoms with E-state index in [2.05, 4.69) is 20.2 Å². The summed E-state index contributed by atoms with van der Waals surface area (Å²) in [5.74, 6) is 0.238. The Kier molecular flexibility index (Phi) is 4.65. The Hall–Kier alpha value is -2.70. The summed E-state index contributed by atoms with van der Waals surface area (Å²) in [6.07, 6.45) is 0.131. The van der Waals surface area contributed by atoms with E-state index in [4.69, 9.17) is 4.52 Å². The van der Waals surface area contributed by atoms with E-state index in [0.717, 1.165) is 0 Å². The van der Waals surface area contributed by atoms with Crippen molar-refractivity contribution >= 4 is 11.9 Å². The standard InChI is InChI=1S/C14H15N3O4/c1-9-16-13(17-21-9)10-4-3-5-11(8-10)14(19)15-7-6-12(18)20-2/h3-5,8H,6-7H2,1-2H3,(H,15,19). The maximum Gasteiger partial charge on any atom is 0.307 e. The highest BCUT2D eigenvalue weighted by Gasteiger charge is 2.10. The van der Waals surface area contributed by atoms with Gasteiger partial charge in [-0.25, -0.2) is 0 Å². The van der Waals surface area contributed by atoms with Crippen molar-refractivity contribution in [2.75, 3.05) is 13.7 Å². The summed E-state index contributed by atoms with van der Waals surface area (Å²) in [7, 11) is 1.31. The number of methoxy groups -OCH3 is 1. The molecule has 0 spiro atoms. The molecule has 0 fully saturated rings. The molecule has 0 radical (unpaired) electrons. The van der Waals surface area contributed by atoms with Crippen LogP contribution in [0.2, 0.25) is 0 Å². The molecular weight excluding hydrogens is 274 g/mol. The molecule has 0 aliphatic rings. The maximum atomic E-state index is 12.0. The fourth-order valence-corrected chi connectivity index (χ4v) is 1.70. The average molecular weight is 289 g/mol. The molecule has 2 aromatic rings. The lowest BCUT2D eigenvalue weighted by atomic mass is 10.1. The van der Waals surface area contributed by atoms with Gasteiger partial charge in [0, 0.05) is 24.6 Å². The second kappa shape index (κ2) is 6.65. The normalized spacial score (nSPS) is 10.2. The van der Waals surface area contributed by atoms with Crippen LogP contribution in [0.3, 0.4) is 0 Å². The van der Waals surface area contributed by atoms with Gasteiger partial charge in [-0.3, -0.25) is 9.59 Å². The van der Waals surface area contributed by atoms with Crippen molar-refractivity contribution in [1.82, 2.24) is 15.5 Å². The Bertz CT molecular complexity index is 651. The van der Waals surface area contributed by atoms with Gasteiger partial charge < -0.3 is 14.6 Å². The van der Waals surface area contributed by atoms with E-state index < -0.39 is 0 Å². The zero-order valence-corrected chi connectivity index (χ0v) is 11.8. The number of carbonyl (C=O) groups excluding carboxylic acids is 2. The second-order valence-corrected chi connectivity index (χ2v) is 4.30. The van der Waals surface area contributed by atoms with Crippen LogP contribution in [0.15, 0.2) is 28.8 Å². The summed E-state index contributed by atoms with van der Waals surface area (Å²) in [5.41, 5.74) is 1.15. The van der Waals surface area contributed by atoms with Gasteiger partial charge in [0.25, 0.3) is 5.91 Å². The quantitative estimate of drug-likeness (QED) is 0.835. The predicted molar refractivity (Wildman–Crippen MR) is 73.4 cm³/mol. The second-order valence-electron chi connectivity index (χ2n) is 4.30. The van der Waals surface area contributed by atoms with Gasteiger partial charge in [-0.2, -0.15) is 4.98 Å². The fourth-order valence-electron chi connectivity index (χ4n) is 1.70. The van der Waals surface area contributed by atoms with Gasteiger partial charge in [0.15, 0.2) is 0 Å². The number of hydrogen-bond donors (Lipinski definition) is 1. The van der Waals surface area contributed by atoms with Gasteiger partial charge in [0.1, 0.15) is 0 Å². The number of aryl methyl sites for hydroxylation is 1. The van der Waals surface area contributed by atoms with Crippen LogP contribution in [0.4, 0.5) is 0 Å². The Morgan fingerprint density at radius 2 is 2.19 bits per heavy atom. The molecule has 21 heavy (non-hydrogen) atoms.